The highest BCUT2D eigenvalue weighted by atomic mass is 16.5. The lowest BCUT2D eigenvalue weighted by Crippen LogP contribution is -2.39. The molecule has 0 radical (unpaired) electrons. The Labute approximate surface area is 137 Å². The number of rotatable bonds is 5. The lowest BCUT2D eigenvalue weighted by molar-refractivity contribution is -0.130. The summed E-state index contributed by atoms with van der Waals surface area (Å²) in [4.78, 5) is 27.1. The molecule has 0 saturated carbocycles. The van der Waals surface area contributed by atoms with E-state index in [0.717, 1.165) is 24.4 Å². The third-order valence-corrected chi connectivity index (χ3v) is 4.09. The lowest BCUT2D eigenvalue weighted by Gasteiger charge is -2.22. The van der Waals surface area contributed by atoms with Crippen molar-refractivity contribution in [1.82, 2.24) is 9.80 Å². The Balaban J connectivity index is 2.03. The Morgan fingerprint density at radius 2 is 1.91 bits per heavy atom. The first-order valence-electron chi connectivity index (χ1n) is 7.98. The van der Waals surface area contributed by atoms with Crippen LogP contribution in [0.25, 0.3) is 0 Å². The van der Waals surface area contributed by atoms with Crippen molar-refractivity contribution in [2.75, 3.05) is 32.8 Å². The van der Waals surface area contributed by atoms with Crippen LogP contribution in [0.4, 0.5) is 0 Å². The molecule has 23 heavy (non-hydrogen) atoms. The minimum Gasteiger partial charge on any atom is -0.494 e. The molecule has 1 aromatic rings. The summed E-state index contributed by atoms with van der Waals surface area (Å²) in [6.45, 7) is 7.19. The lowest BCUT2D eigenvalue weighted by atomic mass is 10.1. The van der Waals surface area contributed by atoms with Crippen LogP contribution >= 0.6 is 0 Å². The molecule has 6 nitrogen and oxygen atoms in total. The van der Waals surface area contributed by atoms with E-state index >= 15 is 0 Å². The summed E-state index contributed by atoms with van der Waals surface area (Å²) in [5.41, 5.74) is 6.63. The monoisotopic (exact) mass is 319 g/mol. The molecule has 1 aromatic carbocycles. The maximum atomic E-state index is 11.6. The van der Waals surface area contributed by atoms with E-state index in [1.54, 1.807) is 4.90 Å². The van der Waals surface area contributed by atoms with E-state index in [1.807, 2.05) is 31.2 Å². The summed E-state index contributed by atoms with van der Waals surface area (Å²) < 4.78 is 5.44. The van der Waals surface area contributed by atoms with Crippen molar-refractivity contribution >= 4 is 11.8 Å². The maximum Gasteiger partial charge on any atom is 0.223 e. The number of primary amides is 1. The third kappa shape index (κ3) is 4.96. The highest BCUT2D eigenvalue weighted by molar-refractivity contribution is 5.79. The van der Waals surface area contributed by atoms with Gasteiger partial charge in [-0.3, -0.25) is 14.5 Å². The predicted molar refractivity (Wildman–Crippen MR) is 87.8 cm³/mol. The van der Waals surface area contributed by atoms with Crippen LogP contribution in [0.3, 0.4) is 0 Å². The Kier molecular flexibility index (Phi) is 5.98. The maximum absolute atomic E-state index is 11.6. The van der Waals surface area contributed by atoms with Crippen molar-refractivity contribution in [1.29, 1.82) is 0 Å². The quantitative estimate of drug-likeness (QED) is 0.873. The van der Waals surface area contributed by atoms with E-state index in [9.17, 15) is 9.59 Å². The number of amides is 2. The molecule has 2 rings (SSSR count). The number of nitrogens with two attached hydrogens (primary N) is 1. The van der Waals surface area contributed by atoms with Gasteiger partial charge in [-0.2, -0.15) is 0 Å². The van der Waals surface area contributed by atoms with E-state index in [-0.39, 0.29) is 17.7 Å². The molecular weight excluding hydrogens is 294 g/mol. The Bertz CT molecular complexity index is 545. The van der Waals surface area contributed by atoms with Gasteiger partial charge in [-0.05, 0) is 24.6 Å². The Morgan fingerprint density at radius 1 is 1.22 bits per heavy atom. The number of benzene rings is 1. The molecule has 1 unspecified atom stereocenters. The number of hydrogen-bond donors (Lipinski definition) is 1. The molecule has 0 aliphatic carbocycles. The largest absolute Gasteiger partial charge is 0.494 e. The zero-order valence-electron chi connectivity index (χ0n) is 13.8. The third-order valence-electron chi connectivity index (χ3n) is 4.09. The zero-order valence-corrected chi connectivity index (χ0v) is 13.8. The van der Waals surface area contributed by atoms with Gasteiger partial charge in [0.05, 0.1) is 12.5 Å². The summed E-state index contributed by atoms with van der Waals surface area (Å²) in [5, 5.41) is 0. The van der Waals surface area contributed by atoms with Crippen LogP contribution in [-0.4, -0.2) is 54.4 Å². The molecule has 1 aliphatic rings. The van der Waals surface area contributed by atoms with Gasteiger partial charge in [0.15, 0.2) is 0 Å². The van der Waals surface area contributed by atoms with Crippen LogP contribution < -0.4 is 10.5 Å². The molecule has 0 spiro atoms. The first-order valence-corrected chi connectivity index (χ1v) is 7.98. The van der Waals surface area contributed by atoms with Crippen LogP contribution in [0.5, 0.6) is 5.75 Å². The molecule has 2 N–H and O–H groups in total. The van der Waals surface area contributed by atoms with Crippen LogP contribution in [0.1, 0.15) is 19.4 Å². The number of hydrogen-bond acceptors (Lipinski definition) is 4. The van der Waals surface area contributed by atoms with E-state index in [0.29, 0.717) is 26.2 Å². The SMILES string of the molecule is CCOc1ccc(CN2CCN(C(C)=O)CC(C(N)=O)C2)cc1. The van der Waals surface area contributed by atoms with Gasteiger partial charge in [-0.15, -0.1) is 0 Å². The normalized spacial score (nSPS) is 19.2. The van der Waals surface area contributed by atoms with Crippen LogP contribution in [0.15, 0.2) is 24.3 Å². The standard InChI is InChI=1S/C17H25N3O3/c1-3-23-16-6-4-14(5-7-16)10-19-8-9-20(13(2)21)12-15(11-19)17(18)22/h4-7,15H,3,8-12H2,1-2H3,(H2,18,22). The van der Waals surface area contributed by atoms with Crippen molar-refractivity contribution in [3.8, 4) is 5.75 Å². The zero-order chi connectivity index (χ0) is 16.8. The summed E-state index contributed by atoms with van der Waals surface area (Å²) in [6, 6.07) is 7.95. The fourth-order valence-electron chi connectivity index (χ4n) is 2.81. The molecule has 1 fully saturated rings. The highest BCUT2D eigenvalue weighted by Gasteiger charge is 2.27. The van der Waals surface area contributed by atoms with Gasteiger partial charge in [0, 0.05) is 39.6 Å². The smallest absolute Gasteiger partial charge is 0.223 e. The van der Waals surface area contributed by atoms with Gasteiger partial charge in [0.25, 0.3) is 0 Å². The average Bonchev–Trinajstić information content (AvgIpc) is 2.72. The average molecular weight is 319 g/mol. The fraction of sp³-hybridized carbons (Fsp3) is 0.529. The van der Waals surface area contributed by atoms with E-state index in [4.69, 9.17) is 10.5 Å². The first-order chi connectivity index (χ1) is 11.0. The minimum atomic E-state index is -0.352. The summed E-state index contributed by atoms with van der Waals surface area (Å²) in [7, 11) is 0. The van der Waals surface area contributed by atoms with Crippen LogP contribution in [0, 0.1) is 5.92 Å². The van der Waals surface area contributed by atoms with Crippen LogP contribution in [0.2, 0.25) is 0 Å². The van der Waals surface area contributed by atoms with Gasteiger partial charge in [-0.1, -0.05) is 12.1 Å². The number of nitrogens with zero attached hydrogens (tertiary/aromatic N) is 2. The summed E-state index contributed by atoms with van der Waals surface area (Å²) in [6.07, 6.45) is 0. The first kappa shape index (κ1) is 17.3. The predicted octanol–water partition coefficient (Wildman–Crippen LogP) is 0.851. The molecule has 126 valence electrons. The molecule has 0 aromatic heterocycles. The van der Waals surface area contributed by atoms with Crippen molar-refractivity contribution in [3.63, 3.8) is 0 Å². The minimum absolute atomic E-state index is 0.0147. The van der Waals surface area contributed by atoms with E-state index in [1.165, 1.54) is 6.92 Å². The Hall–Kier alpha value is -2.08. The Morgan fingerprint density at radius 3 is 2.48 bits per heavy atom. The molecule has 6 heteroatoms. The molecule has 1 aliphatic heterocycles. The van der Waals surface area contributed by atoms with Gasteiger partial charge in [0.1, 0.15) is 5.75 Å². The highest BCUT2D eigenvalue weighted by Crippen LogP contribution is 2.16. The number of ether oxygens (including phenoxy) is 1. The molecule has 1 atom stereocenters. The topological polar surface area (TPSA) is 75.9 Å². The van der Waals surface area contributed by atoms with E-state index < -0.39 is 0 Å². The second-order valence-electron chi connectivity index (χ2n) is 5.88. The van der Waals surface area contributed by atoms with E-state index in [2.05, 4.69) is 4.90 Å². The number of carbonyl (C=O) groups excluding carboxylic acids is 2. The van der Waals surface area contributed by atoms with Crippen LogP contribution in [-0.2, 0) is 16.1 Å². The summed E-state index contributed by atoms with van der Waals surface area (Å²) >= 11 is 0. The van der Waals surface area contributed by atoms with Crippen molar-refractivity contribution < 1.29 is 14.3 Å². The molecule has 1 saturated heterocycles. The van der Waals surface area contributed by atoms with Gasteiger partial charge in [-0.25, -0.2) is 0 Å². The molecule has 0 bridgehead atoms. The summed E-state index contributed by atoms with van der Waals surface area (Å²) in [5.74, 6) is 0.156. The van der Waals surface area contributed by atoms with Crippen molar-refractivity contribution in [2.45, 2.75) is 20.4 Å². The molecular formula is C17H25N3O3. The van der Waals surface area contributed by atoms with Gasteiger partial charge >= 0.3 is 0 Å². The van der Waals surface area contributed by atoms with Gasteiger partial charge < -0.3 is 15.4 Å². The van der Waals surface area contributed by atoms with Gasteiger partial charge in [0.2, 0.25) is 11.8 Å². The van der Waals surface area contributed by atoms with Crippen molar-refractivity contribution in [3.05, 3.63) is 29.8 Å². The second kappa shape index (κ2) is 7.97. The molecule has 1 heterocycles. The van der Waals surface area contributed by atoms with Crippen molar-refractivity contribution in [2.24, 2.45) is 11.7 Å². The molecule has 2 amide bonds. The second-order valence-corrected chi connectivity index (χ2v) is 5.88. The number of carbonyl (C=O) groups is 2. The fourth-order valence-corrected chi connectivity index (χ4v) is 2.81.